The van der Waals surface area contributed by atoms with E-state index in [4.69, 9.17) is 0 Å². The van der Waals surface area contributed by atoms with Gasteiger partial charge in [-0.3, -0.25) is 0 Å². The standard InChI is InChI=1S/C13H13F6NS/c1-7-5-21-6-11(20-7)8-2-9(12(14,15)16)4-10(3-8)13(17,18)19/h2-4,7,11,20H,5-6H2,1H3. The smallest absolute Gasteiger partial charge is 0.306 e. The van der Waals surface area contributed by atoms with Crippen molar-refractivity contribution in [2.24, 2.45) is 0 Å². The maximum Gasteiger partial charge on any atom is 0.416 e. The first kappa shape index (κ1) is 16.5. The van der Waals surface area contributed by atoms with Crippen molar-refractivity contribution in [2.75, 3.05) is 11.5 Å². The summed E-state index contributed by atoms with van der Waals surface area (Å²) in [4.78, 5) is 0. The number of alkyl halides is 6. The van der Waals surface area contributed by atoms with Gasteiger partial charge in [0.1, 0.15) is 0 Å². The normalized spacial score (nSPS) is 24.1. The molecule has 0 aliphatic carbocycles. The molecular formula is C13H13F6NS. The second-order valence-corrected chi connectivity index (χ2v) is 6.07. The first-order valence-corrected chi connectivity index (χ1v) is 7.36. The van der Waals surface area contributed by atoms with E-state index in [1.165, 1.54) is 11.8 Å². The minimum Gasteiger partial charge on any atom is -0.306 e. The molecule has 0 radical (unpaired) electrons. The second kappa shape index (κ2) is 5.72. The van der Waals surface area contributed by atoms with Crippen LogP contribution in [0.25, 0.3) is 0 Å². The average molecular weight is 329 g/mol. The third-order valence-electron chi connectivity index (χ3n) is 3.15. The third kappa shape index (κ3) is 4.06. The van der Waals surface area contributed by atoms with E-state index in [9.17, 15) is 26.3 Å². The van der Waals surface area contributed by atoms with Gasteiger partial charge >= 0.3 is 12.4 Å². The lowest BCUT2D eigenvalue weighted by molar-refractivity contribution is -0.143. The molecule has 1 aliphatic heterocycles. The number of thioether (sulfide) groups is 1. The third-order valence-corrected chi connectivity index (χ3v) is 4.46. The summed E-state index contributed by atoms with van der Waals surface area (Å²) in [5.41, 5.74) is -2.51. The zero-order valence-electron chi connectivity index (χ0n) is 11.0. The van der Waals surface area contributed by atoms with Crippen molar-refractivity contribution in [3.63, 3.8) is 0 Å². The van der Waals surface area contributed by atoms with Crippen LogP contribution in [0.5, 0.6) is 0 Å². The highest BCUT2D eigenvalue weighted by atomic mass is 32.2. The Morgan fingerprint density at radius 3 is 1.90 bits per heavy atom. The van der Waals surface area contributed by atoms with Gasteiger partial charge < -0.3 is 5.32 Å². The Kier molecular flexibility index (Phi) is 4.49. The summed E-state index contributed by atoms with van der Waals surface area (Å²) in [5, 5.41) is 3.03. The summed E-state index contributed by atoms with van der Waals surface area (Å²) in [5.74, 6) is 1.23. The Balaban J connectivity index is 2.45. The van der Waals surface area contributed by atoms with Crippen molar-refractivity contribution in [3.05, 3.63) is 34.9 Å². The van der Waals surface area contributed by atoms with E-state index in [0.29, 0.717) is 5.75 Å². The highest BCUT2D eigenvalue weighted by Crippen LogP contribution is 2.38. The van der Waals surface area contributed by atoms with E-state index in [1.54, 1.807) is 0 Å². The molecule has 118 valence electrons. The molecule has 21 heavy (non-hydrogen) atoms. The van der Waals surface area contributed by atoms with Gasteiger partial charge in [-0.1, -0.05) is 0 Å². The molecule has 1 aromatic rings. The summed E-state index contributed by atoms with van der Waals surface area (Å²) in [6.07, 6.45) is -9.60. The van der Waals surface area contributed by atoms with E-state index >= 15 is 0 Å². The largest absolute Gasteiger partial charge is 0.416 e. The van der Waals surface area contributed by atoms with E-state index in [1.807, 2.05) is 6.92 Å². The molecule has 8 heteroatoms. The Bertz CT molecular complexity index is 478. The second-order valence-electron chi connectivity index (χ2n) is 5.00. The van der Waals surface area contributed by atoms with Gasteiger partial charge in [0.2, 0.25) is 0 Å². The van der Waals surface area contributed by atoms with Gasteiger partial charge in [-0.2, -0.15) is 38.1 Å². The highest BCUT2D eigenvalue weighted by Gasteiger charge is 2.37. The van der Waals surface area contributed by atoms with E-state index < -0.39 is 29.5 Å². The van der Waals surface area contributed by atoms with Gasteiger partial charge in [0.05, 0.1) is 11.1 Å². The summed E-state index contributed by atoms with van der Waals surface area (Å²) in [7, 11) is 0. The van der Waals surface area contributed by atoms with Gasteiger partial charge in [0.25, 0.3) is 0 Å². The summed E-state index contributed by atoms with van der Waals surface area (Å²) in [6, 6.07) is 1.28. The fourth-order valence-electron chi connectivity index (χ4n) is 2.17. The first-order valence-electron chi connectivity index (χ1n) is 6.20. The van der Waals surface area contributed by atoms with Crippen LogP contribution in [0.4, 0.5) is 26.3 Å². The van der Waals surface area contributed by atoms with Crippen molar-refractivity contribution in [1.82, 2.24) is 5.32 Å². The fourth-order valence-corrected chi connectivity index (χ4v) is 3.29. The van der Waals surface area contributed by atoms with E-state index in [0.717, 1.165) is 17.9 Å². The lowest BCUT2D eigenvalue weighted by Crippen LogP contribution is -2.38. The first-order chi connectivity index (χ1) is 9.57. The SMILES string of the molecule is CC1CSCC(c2cc(C(F)(F)F)cc(C(F)(F)F)c2)N1. The summed E-state index contributed by atoms with van der Waals surface area (Å²) >= 11 is 1.51. The molecule has 1 saturated heterocycles. The van der Waals surface area contributed by atoms with Crippen molar-refractivity contribution in [3.8, 4) is 0 Å². The Hall–Kier alpha value is -0.890. The zero-order valence-corrected chi connectivity index (χ0v) is 11.8. The molecule has 0 saturated carbocycles. The highest BCUT2D eigenvalue weighted by molar-refractivity contribution is 7.99. The topological polar surface area (TPSA) is 12.0 Å². The zero-order chi connectivity index (χ0) is 15.8. The van der Waals surface area contributed by atoms with Crippen LogP contribution in [0.1, 0.15) is 29.7 Å². The van der Waals surface area contributed by atoms with Crippen molar-refractivity contribution < 1.29 is 26.3 Å². The van der Waals surface area contributed by atoms with Gasteiger partial charge in [-0.05, 0) is 30.7 Å². The van der Waals surface area contributed by atoms with Crippen LogP contribution in [0.15, 0.2) is 18.2 Å². The summed E-state index contributed by atoms with van der Waals surface area (Å²) in [6.45, 7) is 1.84. The van der Waals surface area contributed by atoms with E-state index in [-0.39, 0.29) is 17.7 Å². The van der Waals surface area contributed by atoms with E-state index in [2.05, 4.69) is 5.32 Å². The molecule has 1 aliphatic rings. The quantitative estimate of drug-likeness (QED) is 0.762. The van der Waals surface area contributed by atoms with Gasteiger partial charge in [-0.25, -0.2) is 0 Å². The molecule has 1 heterocycles. The van der Waals surface area contributed by atoms with Gasteiger partial charge in [0.15, 0.2) is 0 Å². The molecule has 0 amide bonds. The Morgan fingerprint density at radius 1 is 0.952 bits per heavy atom. The maximum absolute atomic E-state index is 12.8. The van der Waals surface area contributed by atoms with Gasteiger partial charge in [-0.15, -0.1) is 0 Å². The maximum atomic E-state index is 12.8. The molecule has 1 nitrogen and oxygen atoms in total. The van der Waals surface area contributed by atoms with Crippen molar-refractivity contribution in [1.29, 1.82) is 0 Å². The molecular weight excluding hydrogens is 316 g/mol. The van der Waals surface area contributed by atoms with Crippen LogP contribution in [-0.2, 0) is 12.4 Å². The lowest BCUT2D eigenvalue weighted by Gasteiger charge is -2.29. The summed E-state index contributed by atoms with van der Waals surface area (Å²) < 4.78 is 76.7. The monoisotopic (exact) mass is 329 g/mol. The average Bonchev–Trinajstić information content (AvgIpc) is 2.36. The Labute approximate surface area is 122 Å². The van der Waals surface area contributed by atoms with Crippen LogP contribution in [0, 0.1) is 0 Å². The molecule has 2 unspecified atom stereocenters. The van der Waals surface area contributed by atoms with Crippen LogP contribution in [-0.4, -0.2) is 17.5 Å². The lowest BCUT2D eigenvalue weighted by atomic mass is 9.99. The molecule has 0 spiro atoms. The minimum absolute atomic E-state index is 0.0243. The number of halogens is 6. The Morgan fingerprint density at radius 2 is 1.48 bits per heavy atom. The molecule has 1 N–H and O–H groups in total. The van der Waals surface area contributed by atoms with Crippen LogP contribution in [0.2, 0.25) is 0 Å². The van der Waals surface area contributed by atoms with Crippen molar-refractivity contribution in [2.45, 2.75) is 31.4 Å². The number of hydrogen-bond acceptors (Lipinski definition) is 2. The number of rotatable bonds is 1. The number of nitrogens with one attached hydrogen (secondary N) is 1. The fraction of sp³-hybridized carbons (Fsp3) is 0.538. The van der Waals surface area contributed by atoms with Gasteiger partial charge in [0, 0.05) is 23.6 Å². The van der Waals surface area contributed by atoms with Crippen LogP contribution >= 0.6 is 11.8 Å². The van der Waals surface area contributed by atoms with Crippen LogP contribution in [0.3, 0.4) is 0 Å². The predicted molar refractivity (Wildman–Crippen MR) is 69.1 cm³/mol. The minimum atomic E-state index is -4.80. The van der Waals surface area contributed by atoms with Crippen LogP contribution < -0.4 is 5.32 Å². The molecule has 1 aromatic carbocycles. The number of benzene rings is 1. The molecule has 0 aromatic heterocycles. The van der Waals surface area contributed by atoms with Crippen molar-refractivity contribution >= 4 is 11.8 Å². The molecule has 2 rings (SSSR count). The molecule has 0 bridgehead atoms. The molecule has 1 fully saturated rings. The predicted octanol–water partition coefficient (Wildman–Crippen LogP) is 4.49. The number of hydrogen-bond donors (Lipinski definition) is 1. The molecule has 2 atom stereocenters.